The number of hydrogen-bond acceptors (Lipinski definition) is 4. The van der Waals surface area contributed by atoms with Crippen molar-refractivity contribution in [2.75, 3.05) is 12.4 Å². The minimum absolute atomic E-state index is 0.0777. The summed E-state index contributed by atoms with van der Waals surface area (Å²) in [4.78, 5) is 30.6. The van der Waals surface area contributed by atoms with Crippen LogP contribution in [0.2, 0.25) is 0 Å². The summed E-state index contributed by atoms with van der Waals surface area (Å²) in [7, 11) is 1.77. The van der Waals surface area contributed by atoms with Crippen molar-refractivity contribution in [2.45, 2.75) is 25.8 Å². The van der Waals surface area contributed by atoms with Crippen molar-refractivity contribution in [1.29, 1.82) is 0 Å². The van der Waals surface area contributed by atoms with Gasteiger partial charge < -0.3 is 10.2 Å². The molecule has 0 radical (unpaired) electrons. The zero-order chi connectivity index (χ0) is 16.4. The number of nitrogens with zero attached hydrogens (tertiary/aromatic N) is 2. The number of rotatable bonds is 3. The molecule has 0 spiro atoms. The normalized spacial score (nSPS) is 21.3. The summed E-state index contributed by atoms with van der Waals surface area (Å²) in [6.07, 6.45) is 2.61. The predicted octanol–water partition coefficient (Wildman–Crippen LogP) is 3.00. The van der Waals surface area contributed by atoms with Crippen LogP contribution in [0, 0.1) is 12.8 Å². The number of amides is 2. The lowest BCUT2D eigenvalue weighted by molar-refractivity contribution is -0.140. The molecule has 0 unspecified atom stereocenters. The van der Waals surface area contributed by atoms with Gasteiger partial charge in [-0.1, -0.05) is 29.8 Å². The van der Waals surface area contributed by atoms with E-state index in [9.17, 15) is 9.59 Å². The highest BCUT2D eigenvalue weighted by Crippen LogP contribution is 2.36. The molecule has 1 saturated heterocycles. The van der Waals surface area contributed by atoms with Crippen molar-refractivity contribution in [1.82, 2.24) is 9.88 Å². The van der Waals surface area contributed by atoms with Crippen LogP contribution >= 0.6 is 11.3 Å². The van der Waals surface area contributed by atoms with Crippen LogP contribution in [-0.4, -0.2) is 28.7 Å². The van der Waals surface area contributed by atoms with Crippen molar-refractivity contribution in [3.8, 4) is 0 Å². The first kappa shape index (κ1) is 15.7. The van der Waals surface area contributed by atoms with Gasteiger partial charge in [0.2, 0.25) is 11.8 Å². The van der Waals surface area contributed by atoms with Gasteiger partial charge in [-0.15, -0.1) is 11.3 Å². The molecule has 23 heavy (non-hydrogen) atoms. The summed E-state index contributed by atoms with van der Waals surface area (Å²) in [5.74, 6) is -0.275. The van der Waals surface area contributed by atoms with E-state index in [1.54, 1.807) is 18.1 Å². The molecule has 5 nitrogen and oxygen atoms in total. The zero-order valence-electron chi connectivity index (χ0n) is 13.2. The number of benzene rings is 1. The Labute approximate surface area is 139 Å². The number of anilines is 1. The van der Waals surface area contributed by atoms with Crippen LogP contribution in [0.4, 0.5) is 5.13 Å². The summed E-state index contributed by atoms with van der Waals surface area (Å²) in [6.45, 7) is 2.02. The molecule has 1 N–H and O–H groups in total. The molecule has 2 amide bonds. The van der Waals surface area contributed by atoms with E-state index in [-0.39, 0.29) is 23.8 Å². The van der Waals surface area contributed by atoms with E-state index in [0.29, 0.717) is 18.0 Å². The second kappa shape index (κ2) is 6.50. The third kappa shape index (κ3) is 3.27. The van der Waals surface area contributed by atoms with E-state index >= 15 is 0 Å². The van der Waals surface area contributed by atoms with Crippen molar-refractivity contribution in [2.24, 2.45) is 5.92 Å². The molecule has 0 aliphatic carbocycles. The van der Waals surface area contributed by atoms with E-state index in [2.05, 4.69) is 10.3 Å². The molecular weight excluding hydrogens is 310 g/mol. The molecule has 2 heterocycles. The van der Waals surface area contributed by atoms with Gasteiger partial charge in [-0.25, -0.2) is 4.98 Å². The molecule has 6 heteroatoms. The summed E-state index contributed by atoms with van der Waals surface area (Å²) < 4.78 is 0. The molecule has 1 aliphatic heterocycles. The van der Waals surface area contributed by atoms with Crippen LogP contribution in [0.1, 0.15) is 30.0 Å². The number of aryl methyl sites for hydroxylation is 1. The fourth-order valence-electron chi connectivity index (χ4n) is 3.02. The first-order valence-corrected chi connectivity index (χ1v) is 8.47. The minimum Gasteiger partial charge on any atom is -0.338 e. The number of carbonyl (C=O) groups is 2. The van der Waals surface area contributed by atoms with Gasteiger partial charge in [0.05, 0.1) is 12.0 Å². The van der Waals surface area contributed by atoms with Gasteiger partial charge in [-0.3, -0.25) is 9.59 Å². The Morgan fingerprint density at radius 1 is 1.35 bits per heavy atom. The van der Waals surface area contributed by atoms with E-state index in [0.717, 1.165) is 11.1 Å². The van der Waals surface area contributed by atoms with Gasteiger partial charge in [0, 0.05) is 25.0 Å². The molecule has 2 atom stereocenters. The van der Waals surface area contributed by atoms with Crippen molar-refractivity contribution < 1.29 is 9.59 Å². The maximum absolute atomic E-state index is 12.7. The van der Waals surface area contributed by atoms with Gasteiger partial charge >= 0.3 is 0 Å². The van der Waals surface area contributed by atoms with E-state index in [1.165, 1.54) is 11.3 Å². The Bertz CT molecular complexity index is 697. The summed E-state index contributed by atoms with van der Waals surface area (Å²) in [5.41, 5.74) is 2.15. The van der Waals surface area contributed by atoms with Crippen LogP contribution in [-0.2, 0) is 9.59 Å². The summed E-state index contributed by atoms with van der Waals surface area (Å²) in [5, 5.41) is 5.29. The highest BCUT2D eigenvalue weighted by Gasteiger charge is 2.38. The fraction of sp³-hybridized carbons (Fsp3) is 0.353. The number of carbonyl (C=O) groups excluding carboxylic acids is 2. The fourth-order valence-corrected chi connectivity index (χ4v) is 3.55. The Kier molecular flexibility index (Phi) is 4.43. The second-order valence-electron chi connectivity index (χ2n) is 5.83. The number of hydrogen-bond donors (Lipinski definition) is 1. The second-order valence-corrected chi connectivity index (χ2v) is 6.73. The highest BCUT2D eigenvalue weighted by atomic mass is 32.1. The monoisotopic (exact) mass is 329 g/mol. The van der Waals surface area contributed by atoms with Crippen LogP contribution in [0.5, 0.6) is 0 Å². The predicted molar refractivity (Wildman–Crippen MR) is 90.2 cm³/mol. The van der Waals surface area contributed by atoms with E-state index in [1.807, 2.05) is 36.6 Å². The highest BCUT2D eigenvalue weighted by molar-refractivity contribution is 7.13. The topological polar surface area (TPSA) is 62.3 Å². The number of piperidine rings is 1. The Morgan fingerprint density at radius 3 is 2.74 bits per heavy atom. The quantitative estimate of drug-likeness (QED) is 0.941. The van der Waals surface area contributed by atoms with E-state index in [4.69, 9.17) is 0 Å². The molecular formula is C17H19N3O2S. The summed E-state index contributed by atoms with van der Waals surface area (Å²) >= 11 is 1.39. The smallest absolute Gasteiger partial charge is 0.231 e. The molecule has 1 aromatic heterocycles. The Balaban J connectivity index is 1.88. The maximum atomic E-state index is 12.7. The molecule has 1 fully saturated rings. The number of likely N-dealkylation sites (tertiary alicyclic amines) is 1. The Hall–Kier alpha value is -2.21. The largest absolute Gasteiger partial charge is 0.338 e. The molecule has 0 bridgehead atoms. The van der Waals surface area contributed by atoms with Crippen molar-refractivity contribution in [3.05, 3.63) is 47.0 Å². The van der Waals surface area contributed by atoms with Gasteiger partial charge in [0.25, 0.3) is 0 Å². The number of nitrogens with one attached hydrogen (secondary N) is 1. The van der Waals surface area contributed by atoms with Crippen LogP contribution < -0.4 is 5.32 Å². The first-order valence-electron chi connectivity index (χ1n) is 7.59. The van der Waals surface area contributed by atoms with Crippen LogP contribution in [0.3, 0.4) is 0 Å². The molecule has 1 aliphatic rings. The molecule has 0 saturated carbocycles. The SMILES string of the molecule is Cc1ccc([C@@H]2[C@@H](C(=O)Nc3nccs3)CCC(=O)N2C)cc1. The zero-order valence-corrected chi connectivity index (χ0v) is 14.0. The number of thiazole rings is 1. The lowest BCUT2D eigenvalue weighted by Gasteiger charge is -2.38. The molecule has 2 aromatic rings. The first-order chi connectivity index (χ1) is 11.1. The molecule has 3 rings (SSSR count). The van der Waals surface area contributed by atoms with Gasteiger partial charge in [-0.2, -0.15) is 0 Å². The van der Waals surface area contributed by atoms with Gasteiger partial charge in [0.15, 0.2) is 5.13 Å². The van der Waals surface area contributed by atoms with Gasteiger partial charge in [-0.05, 0) is 18.9 Å². The summed E-state index contributed by atoms with van der Waals surface area (Å²) in [6, 6.07) is 7.78. The molecule has 1 aromatic carbocycles. The third-order valence-electron chi connectivity index (χ3n) is 4.28. The van der Waals surface area contributed by atoms with Crippen LogP contribution in [0.15, 0.2) is 35.8 Å². The maximum Gasteiger partial charge on any atom is 0.231 e. The number of aromatic nitrogens is 1. The lowest BCUT2D eigenvalue weighted by Crippen LogP contribution is -2.44. The molecule has 120 valence electrons. The average molecular weight is 329 g/mol. The van der Waals surface area contributed by atoms with Crippen molar-refractivity contribution in [3.63, 3.8) is 0 Å². The van der Waals surface area contributed by atoms with E-state index < -0.39 is 0 Å². The minimum atomic E-state index is -0.274. The standard InChI is InChI=1S/C17H19N3O2S/c1-11-3-5-12(6-4-11)15-13(7-8-14(21)20(15)2)16(22)19-17-18-9-10-23-17/h3-6,9-10,13,15H,7-8H2,1-2H3,(H,18,19,22)/t13-,15+/m0/s1. The average Bonchev–Trinajstić information content (AvgIpc) is 3.04. The van der Waals surface area contributed by atoms with Crippen molar-refractivity contribution >= 4 is 28.3 Å². The third-order valence-corrected chi connectivity index (χ3v) is 4.97. The van der Waals surface area contributed by atoms with Gasteiger partial charge in [0.1, 0.15) is 0 Å². The lowest BCUT2D eigenvalue weighted by atomic mass is 9.84. The van der Waals surface area contributed by atoms with Crippen LogP contribution in [0.25, 0.3) is 0 Å². The Morgan fingerprint density at radius 2 is 2.09 bits per heavy atom.